The highest BCUT2D eigenvalue weighted by molar-refractivity contribution is 9.10. The van der Waals surface area contributed by atoms with Crippen molar-refractivity contribution in [2.75, 3.05) is 38.1 Å². The zero-order chi connectivity index (χ0) is 15.6. The molecule has 1 aliphatic heterocycles. The summed E-state index contributed by atoms with van der Waals surface area (Å²) in [6, 6.07) is 6.47. The Bertz CT molecular complexity index is 584. The summed E-state index contributed by atoms with van der Waals surface area (Å²) in [6.07, 6.45) is 5.94. The van der Waals surface area contributed by atoms with Crippen molar-refractivity contribution in [3.63, 3.8) is 0 Å². The van der Waals surface area contributed by atoms with Crippen LogP contribution in [0.3, 0.4) is 0 Å². The predicted molar refractivity (Wildman–Crippen MR) is 92.1 cm³/mol. The Morgan fingerprint density at radius 1 is 1.18 bits per heavy atom. The highest BCUT2D eigenvalue weighted by atomic mass is 79.9. The quantitative estimate of drug-likeness (QED) is 0.610. The van der Waals surface area contributed by atoms with Crippen LogP contribution in [0.15, 0.2) is 27.7 Å². The minimum Gasteiger partial charge on any atom is -0.368 e. The first kappa shape index (κ1) is 15.7. The highest BCUT2D eigenvalue weighted by Crippen LogP contribution is 2.44. The standard InChI is InChI=1S/C17H22BrN3O/c1-20-8-10-21(11-9-20)16-5-4-14(12-15(16)18)17(19-13-22)6-2-3-7-17/h4-5,12H,2-3,6-11H2,1H3. The van der Waals surface area contributed by atoms with Crippen LogP contribution in [0.5, 0.6) is 0 Å². The molecule has 0 bridgehead atoms. The number of hydrogen-bond donors (Lipinski definition) is 0. The van der Waals surface area contributed by atoms with E-state index in [1.54, 1.807) is 6.08 Å². The van der Waals surface area contributed by atoms with Gasteiger partial charge in [0, 0.05) is 30.7 Å². The zero-order valence-electron chi connectivity index (χ0n) is 13.0. The van der Waals surface area contributed by atoms with Gasteiger partial charge in [0.1, 0.15) is 0 Å². The SMILES string of the molecule is CN1CCN(c2ccc(C3(N=C=O)CCCC3)cc2Br)CC1. The van der Waals surface area contributed by atoms with Crippen LogP contribution in [0.2, 0.25) is 0 Å². The number of carbonyl (C=O) groups excluding carboxylic acids is 1. The monoisotopic (exact) mass is 363 g/mol. The lowest BCUT2D eigenvalue weighted by molar-refractivity contribution is 0.312. The Morgan fingerprint density at radius 3 is 2.45 bits per heavy atom. The van der Waals surface area contributed by atoms with E-state index in [9.17, 15) is 4.79 Å². The molecule has 0 N–H and O–H groups in total. The van der Waals surface area contributed by atoms with Crippen LogP contribution < -0.4 is 4.90 Å². The van der Waals surface area contributed by atoms with Gasteiger partial charge in [-0.25, -0.2) is 4.79 Å². The van der Waals surface area contributed by atoms with Gasteiger partial charge in [0.15, 0.2) is 0 Å². The Labute approximate surface area is 140 Å². The van der Waals surface area contributed by atoms with Crippen LogP contribution in [-0.4, -0.2) is 44.2 Å². The van der Waals surface area contributed by atoms with E-state index < -0.39 is 0 Å². The van der Waals surface area contributed by atoms with Gasteiger partial charge < -0.3 is 9.80 Å². The summed E-state index contributed by atoms with van der Waals surface area (Å²) in [6.45, 7) is 4.28. The molecule has 1 aromatic carbocycles. The molecule has 0 unspecified atom stereocenters. The van der Waals surface area contributed by atoms with Crippen molar-refractivity contribution < 1.29 is 4.79 Å². The molecular weight excluding hydrogens is 342 g/mol. The normalized spacial score (nSPS) is 21.6. The molecule has 1 heterocycles. The lowest BCUT2D eigenvalue weighted by atomic mass is 9.89. The summed E-state index contributed by atoms with van der Waals surface area (Å²) in [4.78, 5) is 19.8. The number of rotatable bonds is 3. The van der Waals surface area contributed by atoms with E-state index in [-0.39, 0.29) is 5.54 Å². The number of benzene rings is 1. The third kappa shape index (κ3) is 2.98. The van der Waals surface area contributed by atoms with Gasteiger partial charge in [0.2, 0.25) is 6.08 Å². The molecule has 5 heteroatoms. The van der Waals surface area contributed by atoms with E-state index in [4.69, 9.17) is 0 Å². The molecule has 0 atom stereocenters. The van der Waals surface area contributed by atoms with E-state index in [1.807, 2.05) is 0 Å². The molecule has 3 rings (SSSR count). The average Bonchev–Trinajstić information content (AvgIpc) is 2.98. The maximum Gasteiger partial charge on any atom is 0.235 e. The lowest BCUT2D eigenvalue weighted by Gasteiger charge is -2.35. The summed E-state index contributed by atoms with van der Waals surface area (Å²) in [5.74, 6) is 0. The van der Waals surface area contributed by atoms with Crippen LogP contribution in [0.4, 0.5) is 5.69 Å². The molecule has 1 aliphatic carbocycles. The van der Waals surface area contributed by atoms with Crippen molar-refractivity contribution in [1.82, 2.24) is 4.90 Å². The van der Waals surface area contributed by atoms with Crippen molar-refractivity contribution in [2.45, 2.75) is 31.2 Å². The second kappa shape index (κ2) is 6.53. The second-order valence-corrected chi connectivity index (χ2v) is 7.25. The molecule has 0 radical (unpaired) electrons. The lowest BCUT2D eigenvalue weighted by Crippen LogP contribution is -2.44. The van der Waals surface area contributed by atoms with Gasteiger partial charge in [-0.1, -0.05) is 18.9 Å². The van der Waals surface area contributed by atoms with Crippen LogP contribution in [-0.2, 0) is 10.3 Å². The maximum atomic E-state index is 10.9. The smallest absolute Gasteiger partial charge is 0.235 e. The molecule has 0 spiro atoms. The highest BCUT2D eigenvalue weighted by Gasteiger charge is 2.36. The Hall–Kier alpha value is -1.16. The molecule has 2 aliphatic rings. The largest absolute Gasteiger partial charge is 0.368 e. The number of anilines is 1. The van der Waals surface area contributed by atoms with Crippen LogP contribution in [0.25, 0.3) is 0 Å². The molecule has 0 amide bonds. The molecule has 22 heavy (non-hydrogen) atoms. The van der Waals surface area contributed by atoms with Crippen molar-refractivity contribution >= 4 is 27.7 Å². The summed E-state index contributed by atoms with van der Waals surface area (Å²) >= 11 is 3.72. The molecule has 1 saturated heterocycles. The van der Waals surface area contributed by atoms with Gasteiger partial charge in [-0.3, -0.25) is 0 Å². The van der Waals surface area contributed by atoms with E-state index in [1.165, 1.54) is 5.69 Å². The van der Waals surface area contributed by atoms with Crippen LogP contribution in [0.1, 0.15) is 31.2 Å². The van der Waals surface area contributed by atoms with Crippen molar-refractivity contribution in [2.24, 2.45) is 4.99 Å². The number of aliphatic imine (C=N–C) groups is 1. The summed E-state index contributed by atoms with van der Waals surface area (Å²) in [5.41, 5.74) is 2.03. The van der Waals surface area contributed by atoms with Gasteiger partial charge in [-0.2, -0.15) is 4.99 Å². The number of nitrogens with zero attached hydrogens (tertiary/aromatic N) is 3. The fraction of sp³-hybridized carbons (Fsp3) is 0.588. The first-order valence-corrected chi connectivity index (χ1v) is 8.76. The van der Waals surface area contributed by atoms with E-state index in [0.717, 1.165) is 61.9 Å². The number of hydrogen-bond acceptors (Lipinski definition) is 4. The summed E-state index contributed by atoms with van der Waals surface area (Å²) < 4.78 is 1.10. The van der Waals surface area contributed by atoms with E-state index >= 15 is 0 Å². The number of likely N-dealkylation sites (N-methyl/N-ethyl adjacent to an activating group) is 1. The zero-order valence-corrected chi connectivity index (χ0v) is 14.6. The van der Waals surface area contributed by atoms with E-state index in [0.29, 0.717) is 0 Å². The number of piperazine rings is 1. The predicted octanol–water partition coefficient (Wildman–Crippen LogP) is 3.31. The van der Waals surface area contributed by atoms with Gasteiger partial charge in [0.25, 0.3) is 0 Å². The van der Waals surface area contributed by atoms with Crippen molar-refractivity contribution in [3.05, 3.63) is 28.2 Å². The van der Waals surface area contributed by atoms with Crippen LogP contribution >= 0.6 is 15.9 Å². The number of isocyanates is 1. The maximum absolute atomic E-state index is 10.9. The third-order valence-electron chi connectivity index (χ3n) is 5.02. The Balaban J connectivity index is 1.87. The average molecular weight is 364 g/mol. The molecule has 1 aromatic rings. The first-order chi connectivity index (χ1) is 10.6. The van der Waals surface area contributed by atoms with Gasteiger partial charge in [-0.15, -0.1) is 0 Å². The minimum atomic E-state index is -0.342. The molecule has 2 fully saturated rings. The first-order valence-electron chi connectivity index (χ1n) is 7.97. The third-order valence-corrected chi connectivity index (χ3v) is 5.65. The topological polar surface area (TPSA) is 35.9 Å². The summed E-state index contributed by atoms with van der Waals surface area (Å²) in [5, 5.41) is 0. The molecule has 4 nitrogen and oxygen atoms in total. The Morgan fingerprint density at radius 2 is 1.86 bits per heavy atom. The second-order valence-electron chi connectivity index (χ2n) is 6.40. The van der Waals surface area contributed by atoms with Gasteiger partial charge in [0.05, 0.1) is 11.2 Å². The van der Waals surface area contributed by atoms with Crippen LogP contribution in [0, 0.1) is 0 Å². The van der Waals surface area contributed by atoms with Gasteiger partial charge >= 0.3 is 0 Å². The fourth-order valence-electron chi connectivity index (χ4n) is 3.61. The molecule has 1 saturated carbocycles. The van der Waals surface area contributed by atoms with Crippen molar-refractivity contribution in [1.29, 1.82) is 0 Å². The van der Waals surface area contributed by atoms with E-state index in [2.05, 4.69) is 56.0 Å². The number of halogens is 1. The molecule has 118 valence electrons. The summed E-state index contributed by atoms with van der Waals surface area (Å²) in [7, 11) is 2.16. The Kier molecular flexibility index (Phi) is 4.67. The molecular formula is C17H22BrN3O. The molecule has 0 aromatic heterocycles. The van der Waals surface area contributed by atoms with Crippen molar-refractivity contribution in [3.8, 4) is 0 Å². The minimum absolute atomic E-state index is 0.342. The fourth-order valence-corrected chi connectivity index (χ4v) is 4.24. The van der Waals surface area contributed by atoms with Gasteiger partial charge in [-0.05, 0) is 53.5 Å².